The molecule has 1 saturated carbocycles. The van der Waals surface area contributed by atoms with Crippen molar-refractivity contribution >= 4 is 93.8 Å². The molecule has 1 fully saturated rings. The number of hydrogen-bond acceptors (Lipinski definition) is 20. The summed E-state index contributed by atoms with van der Waals surface area (Å²) in [5.74, 6) is 0.685. The monoisotopic (exact) mass is 1300 g/mol. The molecule has 93 heavy (non-hydrogen) atoms. The van der Waals surface area contributed by atoms with E-state index < -0.39 is 22.5 Å². The molecule has 496 valence electrons. The summed E-state index contributed by atoms with van der Waals surface area (Å²) in [6.45, 7) is 29.2. The summed E-state index contributed by atoms with van der Waals surface area (Å²) in [4.78, 5) is 122. The van der Waals surface area contributed by atoms with Crippen LogP contribution in [0, 0.1) is 27.7 Å². The van der Waals surface area contributed by atoms with E-state index in [1.54, 1.807) is 4.57 Å². The highest BCUT2D eigenvalue weighted by atomic mass is 35.5. The van der Waals surface area contributed by atoms with E-state index in [-0.39, 0.29) is 45.9 Å². The van der Waals surface area contributed by atoms with Gasteiger partial charge < -0.3 is 48.6 Å². The Labute approximate surface area is 544 Å². The lowest BCUT2D eigenvalue weighted by Gasteiger charge is -2.29. The first-order valence-electron chi connectivity index (χ1n) is 31.7. The summed E-state index contributed by atoms with van der Waals surface area (Å²) in [6.07, 6.45) is 11.2. The number of benzene rings is 3. The van der Waals surface area contributed by atoms with Gasteiger partial charge in [0.1, 0.15) is 22.2 Å². The van der Waals surface area contributed by atoms with Crippen molar-refractivity contribution in [1.82, 2.24) is 39.5 Å². The average Bonchev–Trinajstić information content (AvgIpc) is 1.74. The molecule has 2 aromatic heterocycles. The molecule has 0 spiro atoms. The van der Waals surface area contributed by atoms with Crippen molar-refractivity contribution in [3.05, 3.63) is 127 Å². The molecule has 0 bridgehead atoms. The number of anilines is 5. The summed E-state index contributed by atoms with van der Waals surface area (Å²) in [5.41, 5.74) is 7.86. The van der Waals surface area contributed by atoms with Gasteiger partial charge in [-0.15, -0.1) is 0 Å². The second-order valence-electron chi connectivity index (χ2n) is 25.6. The maximum Gasteiger partial charge on any atom is 0.349 e. The van der Waals surface area contributed by atoms with Gasteiger partial charge in [-0.05, 0) is 173 Å². The molecule has 24 nitrogen and oxygen atoms in total. The van der Waals surface area contributed by atoms with E-state index in [0.717, 1.165) is 102 Å². The summed E-state index contributed by atoms with van der Waals surface area (Å²) < 4.78 is 22.7. The van der Waals surface area contributed by atoms with Crippen LogP contribution in [0.15, 0.2) is 65.6 Å². The molecule has 0 amide bonds. The van der Waals surface area contributed by atoms with E-state index in [9.17, 15) is 33.6 Å². The highest BCUT2D eigenvalue weighted by molar-refractivity contribution is 6.31. The van der Waals surface area contributed by atoms with Crippen molar-refractivity contribution in [3.8, 4) is 11.5 Å². The number of halogens is 1. The van der Waals surface area contributed by atoms with Crippen LogP contribution in [0.25, 0.3) is 35.7 Å². The van der Waals surface area contributed by atoms with E-state index in [2.05, 4.69) is 86.0 Å². The van der Waals surface area contributed by atoms with E-state index in [0.29, 0.717) is 109 Å². The Bertz CT molecular complexity index is 4370. The molecule has 1 aliphatic carbocycles. The fourth-order valence-corrected chi connectivity index (χ4v) is 10.7. The van der Waals surface area contributed by atoms with Gasteiger partial charge in [-0.25, -0.2) is 29.7 Å². The van der Waals surface area contributed by atoms with Crippen LogP contribution in [0.5, 0.6) is 0 Å². The van der Waals surface area contributed by atoms with Crippen LogP contribution < -0.4 is 59.2 Å². The minimum absolute atomic E-state index is 0.112. The third-order valence-corrected chi connectivity index (χ3v) is 15.8. The van der Waals surface area contributed by atoms with E-state index in [4.69, 9.17) is 25.8 Å². The summed E-state index contributed by atoms with van der Waals surface area (Å²) in [5, 5.41) is 4.85. The van der Waals surface area contributed by atoms with E-state index >= 15 is 0 Å². The van der Waals surface area contributed by atoms with Gasteiger partial charge in [-0.1, -0.05) is 50.4 Å². The number of fused-ring (bicyclic) bond motifs is 6. The first-order chi connectivity index (χ1) is 44.1. The molecular formula is C68H86ClN13O11. The van der Waals surface area contributed by atoms with Crippen molar-refractivity contribution in [3.63, 3.8) is 0 Å². The molecule has 4 aliphatic heterocycles. The number of rotatable bonds is 23. The number of methoxy groups -OCH3 is 1. The van der Waals surface area contributed by atoms with Gasteiger partial charge in [-0.3, -0.25) is 33.8 Å². The summed E-state index contributed by atoms with van der Waals surface area (Å²) in [6, 6.07) is 12.3. The maximum absolute atomic E-state index is 12.6. The summed E-state index contributed by atoms with van der Waals surface area (Å²) in [7, 11) is 1.35. The maximum atomic E-state index is 12.6. The SMILES string of the molecule is C=c1nc2c(c(=O)[nH]1)=Nc1cc(C)c(Cl)cc1N2CCCCCCC(=O)OC(C)(C)C.C=c1nc2c(c(=O)[nH]1)=Nc1cc(C)c(NC3CC3)cc1N2CCCCCCC(=O)OC(C)(C)C.COC(=O)CCCOCCn1c2nc(=O)[nH]c(=O)c-2nc2cc(C)c(C)cc21. The number of hydrogen-bond donors (Lipinski definition) is 4. The van der Waals surface area contributed by atoms with Crippen LogP contribution in [0.4, 0.5) is 40.1 Å². The quantitative estimate of drug-likeness (QED) is 0.0201. The zero-order valence-electron chi connectivity index (χ0n) is 55.3. The molecule has 6 heterocycles. The van der Waals surface area contributed by atoms with Crippen LogP contribution in [0.1, 0.15) is 154 Å². The van der Waals surface area contributed by atoms with Crippen LogP contribution in [-0.4, -0.2) is 108 Å². The Morgan fingerprint density at radius 1 is 0.591 bits per heavy atom. The predicted molar refractivity (Wildman–Crippen MR) is 360 cm³/mol. The van der Waals surface area contributed by atoms with E-state index in [1.165, 1.54) is 20.0 Å². The molecule has 0 saturated heterocycles. The Kier molecular flexibility index (Phi) is 23.1. The highest BCUT2D eigenvalue weighted by Crippen LogP contribution is 2.41. The lowest BCUT2D eigenvalue weighted by molar-refractivity contribution is -0.156. The van der Waals surface area contributed by atoms with Gasteiger partial charge in [0.25, 0.3) is 16.7 Å². The standard InChI is InChI=1S/C26H35N5O3.C23H29ClN4O3.C19H22N4O5/c1-16-14-20-21(15-19(16)29-18-11-12-18)31(24-23(30-20)25(33)28-17(2)27-24)13-9-7-6-8-10-22(32)34-26(3,4)5;1-14-12-17-18(13-16(14)24)28(21-20(27-17)22(30)26-15(2)25-21)11-9-7-6-8-10-19(29)31-23(3,4)5;1-11-9-13-14(10-12(11)2)23(6-8-28-7-4-5-15(24)27-3)17-16(20-13)18(25)22-19(26)21-17/h14-15,18,29H,2,6-13H2,1,3-5H3,(H,28,33);12-13H,2,6-11H2,1,3-5H3,(H,26,30);9-10H,4-8H2,1-3H3,(H,22,25,26). The Balaban J connectivity index is 0.000000180. The molecule has 0 atom stereocenters. The number of aromatic nitrogens is 8. The van der Waals surface area contributed by atoms with Crippen molar-refractivity contribution in [2.24, 2.45) is 9.98 Å². The van der Waals surface area contributed by atoms with Crippen LogP contribution in [-0.2, 0) is 39.9 Å². The number of aryl methyl sites for hydroxylation is 4. The second kappa shape index (κ2) is 30.7. The number of H-pyrrole nitrogens is 3. The van der Waals surface area contributed by atoms with Gasteiger partial charge in [0.2, 0.25) is 0 Å². The van der Waals surface area contributed by atoms with Gasteiger partial charge in [0.15, 0.2) is 33.9 Å². The van der Waals surface area contributed by atoms with Crippen molar-refractivity contribution in [1.29, 1.82) is 0 Å². The molecular weight excluding hydrogens is 1210 g/mol. The number of unbranched alkanes of at least 4 members (excludes halogenated alkanes) is 6. The van der Waals surface area contributed by atoms with Crippen molar-refractivity contribution in [2.75, 3.05) is 48.5 Å². The molecule has 5 aliphatic rings. The largest absolute Gasteiger partial charge is 0.469 e. The zero-order valence-corrected chi connectivity index (χ0v) is 56.0. The minimum atomic E-state index is -0.713. The smallest absolute Gasteiger partial charge is 0.349 e. The second-order valence-corrected chi connectivity index (χ2v) is 26.0. The van der Waals surface area contributed by atoms with E-state index in [1.807, 2.05) is 97.5 Å². The Morgan fingerprint density at radius 3 is 1.65 bits per heavy atom. The van der Waals surface area contributed by atoms with Gasteiger partial charge in [0.05, 0.1) is 47.5 Å². The van der Waals surface area contributed by atoms with Gasteiger partial charge in [-0.2, -0.15) is 4.98 Å². The number of nitrogens with zero attached hydrogens (tertiary/aromatic N) is 9. The minimum Gasteiger partial charge on any atom is -0.469 e. The number of ether oxygens (including phenoxy) is 4. The van der Waals surface area contributed by atoms with Crippen molar-refractivity contribution in [2.45, 2.75) is 183 Å². The lowest BCUT2D eigenvalue weighted by Crippen LogP contribution is -2.42. The molecule has 4 N–H and O–H groups in total. The third kappa shape index (κ3) is 19.1. The number of aromatic amines is 3. The molecule has 0 radical (unpaired) electrons. The number of carbonyl (C=O) groups is 3. The molecule has 10 rings (SSSR count). The van der Waals surface area contributed by atoms with Gasteiger partial charge in [0, 0.05) is 62.3 Å². The predicted octanol–water partition coefficient (Wildman–Crippen LogP) is 8.77. The molecule has 0 unspecified atom stereocenters. The van der Waals surface area contributed by atoms with Crippen LogP contribution in [0.2, 0.25) is 5.02 Å². The normalized spacial score (nSPS) is 13.0. The van der Waals surface area contributed by atoms with Crippen LogP contribution >= 0.6 is 11.6 Å². The number of carbonyl (C=O) groups excluding carboxylic acids is 3. The fraction of sp³-hybridized carbons (Fsp3) is 0.485. The Hall–Kier alpha value is -8.90. The number of esters is 3. The first kappa shape index (κ1) is 70.0. The molecule has 3 aromatic carbocycles. The number of nitrogens with one attached hydrogen (secondary N) is 4. The highest BCUT2D eigenvalue weighted by Gasteiger charge is 2.28. The van der Waals surface area contributed by atoms with Gasteiger partial charge >= 0.3 is 23.6 Å². The molecule has 25 heteroatoms. The molecule has 5 aromatic rings. The van der Waals surface area contributed by atoms with Crippen LogP contribution in [0.3, 0.4) is 0 Å². The third-order valence-electron chi connectivity index (χ3n) is 15.4. The summed E-state index contributed by atoms with van der Waals surface area (Å²) >= 11 is 6.37. The topological polar surface area (TPSA) is 303 Å². The fourth-order valence-electron chi connectivity index (χ4n) is 10.6. The first-order valence-corrected chi connectivity index (χ1v) is 32.1. The zero-order chi connectivity index (χ0) is 67.5. The Morgan fingerprint density at radius 2 is 1.11 bits per heavy atom. The van der Waals surface area contributed by atoms with Crippen molar-refractivity contribution < 1.29 is 33.3 Å². The average molecular weight is 1300 g/mol. The lowest BCUT2D eigenvalue weighted by atomic mass is 10.1.